The van der Waals surface area contributed by atoms with Crippen LogP contribution in [-0.2, 0) is 18.3 Å². The number of aromatic nitrogens is 2. The summed E-state index contributed by atoms with van der Waals surface area (Å²) in [7, 11) is 3.70. The Morgan fingerprint density at radius 3 is 2.73 bits per heavy atom. The molecule has 4 heteroatoms. The zero-order valence-corrected chi connectivity index (χ0v) is 9.87. The van der Waals surface area contributed by atoms with E-state index in [1.54, 1.807) is 10.9 Å². The summed E-state index contributed by atoms with van der Waals surface area (Å²) in [5.41, 5.74) is 0.661. The largest absolute Gasteiger partial charge is 0.308 e. The highest BCUT2D eigenvalue weighted by molar-refractivity contribution is 5.87. The molecule has 1 aromatic rings. The molecular weight excluding hydrogens is 190 g/mol. The van der Waals surface area contributed by atoms with E-state index >= 15 is 0 Å². The highest BCUT2D eigenvalue weighted by atomic mass is 16.1. The van der Waals surface area contributed by atoms with E-state index in [1.165, 1.54) is 0 Å². The summed E-state index contributed by atoms with van der Waals surface area (Å²) in [6, 6.07) is 1.94. The third-order valence-corrected chi connectivity index (χ3v) is 2.85. The maximum atomic E-state index is 11.8. The van der Waals surface area contributed by atoms with Crippen molar-refractivity contribution in [2.75, 3.05) is 7.05 Å². The highest BCUT2D eigenvalue weighted by Gasteiger charge is 2.24. The van der Waals surface area contributed by atoms with E-state index in [-0.39, 0.29) is 5.78 Å². The lowest BCUT2D eigenvalue weighted by Gasteiger charge is -2.22. The molecule has 0 radical (unpaired) electrons. The van der Waals surface area contributed by atoms with Crippen LogP contribution >= 0.6 is 0 Å². The molecular formula is C11H19N3O. The fourth-order valence-electron chi connectivity index (χ4n) is 1.34. The molecule has 1 N–H and O–H groups in total. The van der Waals surface area contributed by atoms with Gasteiger partial charge in [0, 0.05) is 25.4 Å². The van der Waals surface area contributed by atoms with Gasteiger partial charge in [-0.2, -0.15) is 5.10 Å². The Labute approximate surface area is 90.7 Å². The molecule has 0 atom stereocenters. The fourth-order valence-corrected chi connectivity index (χ4v) is 1.34. The van der Waals surface area contributed by atoms with Crippen molar-refractivity contribution in [3.63, 3.8) is 0 Å². The van der Waals surface area contributed by atoms with E-state index in [2.05, 4.69) is 10.4 Å². The van der Waals surface area contributed by atoms with E-state index in [1.807, 2.05) is 34.0 Å². The smallest absolute Gasteiger partial charge is 0.152 e. The molecule has 0 saturated carbocycles. The minimum absolute atomic E-state index is 0.228. The van der Waals surface area contributed by atoms with Crippen molar-refractivity contribution in [3.8, 4) is 0 Å². The number of ketones is 1. The van der Waals surface area contributed by atoms with Crippen LogP contribution < -0.4 is 5.32 Å². The van der Waals surface area contributed by atoms with Crippen molar-refractivity contribution >= 4 is 5.78 Å². The lowest BCUT2D eigenvalue weighted by atomic mass is 9.95. The molecule has 4 nitrogen and oxygen atoms in total. The van der Waals surface area contributed by atoms with Gasteiger partial charge >= 0.3 is 0 Å². The third-order valence-electron chi connectivity index (χ3n) is 2.85. The quantitative estimate of drug-likeness (QED) is 0.784. The van der Waals surface area contributed by atoms with E-state index in [0.717, 1.165) is 12.1 Å². The zero-order chi connectivity index (χ0) is 11.5. The summed E-state index contributed by atoms with van der Waals surface area (Å²) >= 11 is 0. The van der Waals surface area contributed by atoms with Crippen LogP contribution in [0.1, 0.15) is 26.0 Å². The van der Waals surface area contributed by atoms with Crippen LogP contribution in [0.4, 0.5) is 0 Å². The molecule has 1 rings (SSSR count). The number of likely N-dealkylation sites (N-methyl/N-ethyl adjacent to an activating group) is 1. The molecule has 0 aliphatic rings. The number of nitrogens with one attached hydrogen (secondary N) is 1. The van der Waals surface area contributed by atoms with Crippen molar-refractivity contribution in [2.24, 2.45) is 7.05 Å². The normalized spacial score (nSPS) is 11.7. The summed E-state index contributed by atoms with van der Waals surface area (Å²) < 4.78 is 1.81. The molecule has 84 valence electrons. The van der Waals surface area contributed by atoms with Gasteiger partial charge in [-0.25, -0.2) is 0 Å². The number of aryl methyl sites for hydroxylation is 2. The average Bonchev–Trinajstić information content (AvgIpc) is 2.60. The summed E-state index contributed by atoms with van der Waals surface area (Å²) in [4.78, 5) is 11.8. The van der Waals surface area contributed by atoms with E-state index in [0.29, 0.717) is 6.42 Å². The number of carbonyl (C=O) groups is 1. The lowest BCUT2D eigenvalue weighted by Crippen LogP contribution is -2.44. The molecule has 0 spiro atoms. The van der Waals surface area contributed by atoms with Gasteiger partial charge in [-0.3, -0.25) is 9.48 Å². The van der Waals surface area contributed by atoms with Gasteiger partial charge in [0.25, 0.3) is 0 Å². The van der Waals surface area contributed by atoms with E-state index < -0.39 is 5.54 Å². The van der Waals surface area contributed by atoms with Crippen LogP contribution in [-0.4, -0.2) is 28.2 Å². The van der Waals surface area contributed by atoms with E-state index in [4.69, 9.17) is 0 Å². The van der Waals surface area contributed by atoms with Gasteiger partial charge in [-0.05, 0) is 33.4 Å². The van der Waals surface area contributed by atoms with Crippen LogP contribution in [0.5, 0.6) is 0 Å². The SMILES string of the molecule is CNC(C)(C)C(=O)CCc1ccnn1C. The standard InChI is InChI=1S/C11H19N3O/c1-11(2,12-3)10(15)6-5-9-7-8-13-14(9)4/h7-8,12H,5-6H2,1-4H3. The fraction of sp³-hybridized carbons (Fsp3) is 0.636. The minimum atomic E-state index is -0.432. The topological polar surface area (TPSA) is 46.9 Å². The second-order valence-electron chi connectivity index (χ2n) is 4.24. The Bertz CT molecular complexity index is 341. The lowest BCUT2D eigenvalue weighted by molar-refractivity contribution is -0.124. The molecule has 0 unspecified atom stereocenters. The average molecular weight is 209 g/mol. The molecule has 0 aromatic carbocycles. The minimum Gasteiger partial charge on any atom is -0.308 e. The maximum Gasteiger partial charge on any atom is 0.152 e. The zero-order valence-electron chi connectivity index (χ0n) is 9.87. The van der Waals surface area contributed by atoms with Crippen LogP contribution in [0.15, 0.2) is 12.3 Å². The van der Waals surface area contributed by atoms with Gasteiger partial charge in [0.15, 0.2) is 5.78 Å². The monoisotopic (exact) mass is 209 g/mol. The molecule has 0 fully saturated rings. The second-order valence-corrected chi connectivity index (χ2v) is 4.24. The molecule has 0 amide bonds. The van der Waals surface area contributed by atoms with Crippen molar-refractivity contribution in [2.45, 2.75) is 32.2 Å². The maximum absolute atomic E-state index is 11.8. The molecule has 0 saturated heterocycles. The predicted molar refractivity (Wildman–Crippen MR) is 59.7 cm³/mol. The summed E-state index contributed by atoms with van der Waals surface area (Å²) in [5, 5.41) is 7.08. The molecule has 1 heterocycles. The number of Topliss-reactive ketones (excluding diaryl/α,β-unsaturated/α-hetero) is 1. The number of rotatable bonds is 5. The Balaban J connectivity index is 2.52. The van der Waals surface area contributed by atoms with Crippen molar-refractivity contribution < 1.29 is 4.79 Å². The highest BCUT2D eigenvalue weighted by Crippen LogP contribution is 2.09. The Hall–Kier alpha value is -1.16. The number of carbonyl (C=O) groups excluding carboxylic acids is 1. The molecule has 1 aromatic heterocycles. The predicted octanol–water partition coefficient (Wildman–Crippen LogP) is 0.920. The summed E-state index contributed by atoms with van der Waals surface area (Å²) in [6.07, 6.45) is 3.05. The first-order chi connectivity index (χ1) is 6.97. The van der Waals surface area contributed by atoms with Crippen molar-refractivity contribution in [1.82, 2.24) is 15.1 Å². The van der Waals surface area contributed by atoms with Crippen LogP contribution in [0.3, 0.4) is 0 Å². The van der Waals surface area contributed by atoms with Crippen molar-refractivity contribution in [3.05, 3.63) is 18.0 Å². The number of nitrogens with zero attached hydrogens (tertiary/aromatic N) is 2. The van der Waals surface area contributed by atoms with Gasteiger partial charge in [-0.1, -0.05) is 0 Å². The van der Waals surface area contributed by atoms with Gasteiger partial charge in [0.2, 0.25) is 0 Å². The van der Waals surface area contributed by atoms with Gasteiger partial charge in [0.05, 0.1) is 5.54 Å². The van der Waals surface area contributed by atoms with Gasteiger partial charge in [0.1, 0.15) is 0 Å². The van der Waals surface area contributed by atoms with Crippen LogP contribution in [0.2, 0.25) is 0 Å². The first-order valence-corrected chi connectivity index (χ1v) is 5.16. The van der Waals surface area contributed by atoms with E-state index in [9.17, 15) is 4.79 Å². The third kappa shape index (κ3) is 2.89. The number of hydrogen-bond acceptors (Lipinski definition) is 3. The second kappa shape index (κ2) is 4.57. The summed E-state index contributed by atoms with van der Waals surface area (Å²) in [5.74, 6) is 0.228. The van der Waals surface area contributed by atoms with Gasteiger partial charge < -0.3 is 5.32 Å². The molecule has 15 heavy (non-hydrogen) atoms. The first kappa shape index (κ1) is 11.9. The number of hydrogen-bond donors (Lipinski definition) is 1. The molecule has 0 bridgehead atoms. The Morgan fingerprint density at radius 1 is 1.60 bits per heavy atom. The molecule has 0 aliphatic heterocycles. The Morgan fingerprint density at radius 2 is 2.27 bits per heavy atom. The van der Waals surface area contributed by atoms with Crippen molar-refractivity contribution in [1.29, 1.82) is 0 Å². The Kier molecular flexibility index (Phi) is 3.63. The first-order valence-electron chi connectivity index (χ1n) is 5.16. The summed E-state index contributed by atoms with van der Waals surface area (Å²) in [6.45, 7) is 3.80. The van der Waals surface area contributed by atoms with Crippen LogP contribution in [0.25, 0.3) is 0 Å². The van der Waals surface area contributed by atoms with Gasteiger partial charge in [-0.15, -0.1) is 0 Å². The molecule has 0 aliphatic carbocycles. The van der Waals surface area contributed by atoms with Crippen LogP contribution in [0, 0.1) is 0 Å².